The topological polar surface area (TPSA) is 47.3 Å². The van der Waals surface area contributed by atoms with Gasteiger partial charge in [0, 0.05) is 6.54 Å². The van der Waals surface area contributed by atoms with Gasteiger partial charge in [-0.3, -0.25) is 0 Å². The number of hydrogen-bond donors (Lipinski definition) is 2. The van der Waals surface area contributed by atoms with Crippen LogP contribution in [0.5, 0.6) is 0 Å². The fourth-order valence-corrected chi connectivity index (χ4v) is 2.29. The van der Waals surface area contributed by atoms with Crippen LogP contribution in [-0.4, -0.2) is 19.3 Å². The second-order valence-corrected chi connectivity index (χ2v) is 4.79. The molecular weight excluding hydrogens is 212 g/mol. The Bertz CT molecular complexity index is 359. The summed E-state index contributed by atoms with van der Waals surface area (Å²) < 4.78 is 5.79. The lowest BCUT2D eigenvalue weighted by Gasteiger charge is -2.13. The number of aryl methyl sites for hydroxylation is 1. The van der Waals surface area contributed by atoms with Crippen LogP contribution in [0.15, 0.2) is 18.2 Å². The van der Waals surface area contributed by atoms with Gasteiger partial charge in [-0.25, -0.2) is 0 Å². The third kappa shape index (κ3) is 3.63. The van der Waals surface area contributed by atoms with E-state index in [4.69, 9.17) is 10.5 Å². The Morgan fingerprint density at radius 3 is 2.88 bits per heavy atom. The molecule has 0 aromatic heterocycles. The van der Waals surface area contributed by atoms with Crippen LogP contribution in [0.3, 0.4) is 0 Å². The molecule has 0 spiro atoms. The monoisotopic (exact) mass is 234 g/mol. The average Bonchev–Trinajstić information content (AvgIpc) is 2.82. The number of ether oxygens (including phenoxy) is 1. The van der Waals surface area contributed by atoms with E-state index < -0.39 is 0 Å². The van der Waals surface area contributed by atoms with Crippen LogP contribution in [-0.2, 0) is 4.74 Å². The zero-order valence-corrected chi connectivity index (χ0v) is 10.5. The van der Waals surface area contributed by atoms with Crippen molar-refractivity contribution in [2.24, 2.45) is 0 Å². The predicted octanol–water partition coefficient (Wildman–Crippen LogP) is 2.95. The molecule has 3 heteroatoms. The van der Waals surface area contributed by atoms with Gasteiger partial charge in [0.05, 0.1) is 24.1 Å². The van der Waals surface area contributed by atoms with E-state index in [1.807, 2.05) is 12.1 Å². The standard InChI is InChI=1S/C14H22N2O/c1-11-6-7-13(15)14(10-11)16-8-9-17-12-4-2-3-5-12/h6-7,10,12,16H,2-5,8-9,15H2,1H3. The van der Waals surface area contributed by atoms with Crippen LogP contribution in [0.1, 0.15) is 31.2 Å². The predicted molar refractivity (Wildman–Crippen MR) is 72.3 cm³/mol. The molecule has 3 nitrogen and oxygen atoms in total. The van der Waals surface area contributed by atoms with Crippen molar-refractivity contribution in [2.45, 2.75) is 38.7 Å². The third-order valence-corrected chi connectivity index (χ3v) is 3.28. The second-order valence-electron chi connectivity index (χ2n) is 4.79. The van der Waals surface area contributed by atoms with Gasteiger partial charge in [-0.05, 0) is 37.5 Å². The van der Waals surface area contributed by atoms with Crippen molar-refractivity contribution in [1.82, 2.24) is 0 Å². The second kappa shape index (κ2) is 5.92. The molecule has 94 valence electrons. The molecule has 2 rings (SSSR count). The Morgan fingerprint density at radius 2 is 2.12 bits per heavy atom. The number of benzene rings is 1. The Hall–Kier alpha value is -1.22. The van der Waals surface area contributed by atoms with Crippen LogP contribution in [0.25, 0.3) is 0 Å². The zero-order chi connectivity index (χ0) is 12.1. The van der Waals surface area contributed by atoms with Gasteiger partial charge in [0.2, 0.25) is 0 Å². The minimum Gasteiger partial charge on any atom is -0.397 e. The Morgan fingerprint density at radius 1 is 1.35 bits per heavy atom. The van der Waals surface area contributed by atoms with Crippen LogP contribution >= 0.6 is 0 Å². The molecule has 1 aromatic rings. The largest absolute Gasteiger partial charge is 0.397 e. The summed E-state index contributed by atoms with van der Waals surface area (Å²) in [5, 5.41) is 3.33. The van der Waals surface area contributed by atoms with E-state index in [2.05, 4.69) is 18.3 Å². The summed E-state index contributed by atoms with van der Waals surface area (Å²) in [4.78, 5) is 0. The SMILES string of the molecule is Cc1ccc(N)c(NCCOC2CCCC2)c1. The van der Waals surface area contributed by atoms with Crippen LogP contribution in [0.4, 0.5) is 11.4 Å². The molecule has 0 aliphatic heterocycles. The highest BCUT2D eigenvalue weighted by atomic mass is 16.5. The van der Waals surface area contributed by atoms with Crippen LogP contribution < -0.4 is 11.1 Å². The van der Waals surface area contributed by atoms with Gasteiger partial charge >= 0.3 is 0 Å². The molecule has 0 radical (unpaired) electrons. The number of anilines is 2. The van der Waals surface area contributed by atoms with E-state index in [1.54, 1.807) is 0 Å². The smallest absolute Gasteiger partial charge is 0.0642 e. The summed E-state index contributed by atoms with van der Waals surface area (Å²) in [5.74, 6) is 0. The first-order chi connectivity index (χ1) is 8.25. The molecule has 0 saturated heterocycles. The average molecular weight is 234 g/mol. The van der Waals surface area contributed by atoms with E-state index in [9.17, 15) is 0 Å². The van der Waals surface area contributed by atoms with Gasteiger partial charge in [0.1, 0.15) is 0 Å². The van der Waals surface area contributed by atoms with Crippen molar-refractivity contribution in [3.05, 3.63) is 23.8 Å². The fraction of sp³-hybridized carbons (Fsp3) is 0.571. The molecule has 1 aliphatic carbocycles. The van der Waals surface area contributed by atoms with Crippen LogP contribution in [0.2, 0.25) is 0 Å². The molecule has 0 unspecified atom stereocenters. The van der Waals surface area contributed by atoms with E-state index in [0.29, 0.717) is 6.10 Å². The minimum atomic E-state index is 0.492. The number of nitrogens with two attached hydrogens (primary N) is 1. The first kappa shape index (κ1) is 12.2. The number of hydrogen-bond acceptors (Lipinski definition) is 3. The molecular formula is C14H22N2O. The minimum absolute atomic E-state index is 0.492. The molecule has 3 N–H and O–H groups in total. The summed E-state index contributed by atoms with van der Waals surface area (Å²) in [7, 11) is 0. The summed E-state index contributed by atoms with van der Waals surface area (Å²) in [6.45, 7) is 3.65. The molecule has 0 heterocycles. The molecule has 0 amide bonds. The number of nitrogen functional groups attached to an aromatic ring is 1. The van der Waals surface area contributed by atoms with E-state index in [-0.39, 0.29) is 0 Å². The van der Waals surface area contributed by atoms with Gasteiger partial charge in [-0.1, -0.05) is 18.9 Å². The third-order valence-electron chi connectivity index (χ3n) is 3.28. The zero-order valence-electron chi connectivity index (χ0n) is 10.5. The van der Waals surface area contributed by atoms with Crippen molar-refractivity contribution in [3.63, 3.8) is 0 Å². The van der Waals surface area contributed by atoms with E-state index in [0.717, 1.165) is 24.5 Å². The van der Waals surface area contributed by atoms with Gasteiger partial charge < -0.3 is 15.8 Å². The summed E-state index contributed by atoms with van der Waals surface area (Å²) in [6, 6.07) is 6.04. The highest BCUT2D eigenvalue weighted by Crippen LogP contribution is 2.21. The Kier molecular flexibility index (Phi) is 4.26. The quantitative estimate of drug-likeness (QED) is 0.608. The van der Waals surface area contributed by atoms with Crippen LogP contribution in [0, 0.1) is 6.92 Å². The Balaban J connectivity index is 1.72. The lowest BCUT2D eigenvalue weighted by molar-refractivity contribution is 0.0659. The van der Waals surface area contributed by atoms with E-state index >= 15 is 0 Å². The number of nitrogens with one attached hydrogen (secondary N) is 1. The van der Waals surface area contributed by atoms with Crippen molar-refractivity contribution in [1.29, 1.82) is 0 Å². The summed E-state index contributed by atoms with van der Waals surface area (Å²) in [5.41, 5.74) is 8.93. The molecule has 0 atom stereocenters. The van der Waals surface area contributed by atoms with Gasteiger partial charge in [0.25, 0.3) is 0 Å². The summed E-state index contributed by atoms with van der Waals surface area (Å²) >= 11 is 0. The molecule has 1 saturated carbocycles. The van der Waals surface area contributed by atoms with Crippen molar-refractivity contribution in [3.8, 4) is 0 Å². The molecule has 0 bridgehead atoms. The van der Waals surface area contributed by atoms with Gasteiger partial charge in [0.15, 0.2) is 0 Å². The van der Waals surface area contributed by atoms with Crippen molar-refractivity contribution in [2.75, 3.05) is 24.2 Å². The van der Waals surface area contributed by atoms with E-state index in [1.165, 1.54) is 31.2 Å². The molecule has 1 fully saturated rings. The molecule has 17 heavy (non-hydrogen) atoms. The maximum atomic E-state index is 5.89. The van der Waals surface area contributed by atoms with Crippen molar-refractivity contribution >= 4 is 11.4 Å². The normalized spacial score (nSPS) is 16.3. The maximum Gasteiger partial charge on any atom is 0.0642 e. The summed E-state index contributed by atoms with van der Waals surface area (Å²) in [6.07, 6.45) is 5.59. The molecule has 1 aromatic carbocycles. The lowest BCUT2D eigenvalue weighted by Crippen LogP contribution is -2.15. The number of rotatable bonds is 5. The fourth-order valence-electron chi connectivity index (χ4n) is 2.29. The highest BCUT2D eigenvalue weighted by molar-refractivity contribution is 5.66. The van der Waals surface area contributed by atoms with Gasteiger partial charge in [-0.15, -0.1) is 0 Å². The van der Waals surface area contributed by atoms with Gasteiger partial charge in [-0.2, -0.15) is 0 Å². The Labute approximate surface area is 103 Å². The first-order valence-corrected chi connectivity index (χ1v) is 6.47. The highest BCUT2D eigenvalue weighted by Gasteiger charge is 2.14. The lowest BCUT2D eigenvalue weighted by atomic mass is 10.2. The maximum absolute atomic E-state index is 5.89. The first-order valence-electron chi connectivity index (χ1n) is 6.47. The molecule has 1 aliphatic rings. The van der Waals surface area contributed by atoms with Crippen molar-refractivity contribution < 1.29 is 4.74 Å².